The van der Waals surface area contributed by atoms with Gasteiger partial charge in [-0.05, 0) is 28.1 Å². The van der Waals surface area contributed by atoms with Gasteiger partial charge in [0.1, 0.15) is 16.6 Å². The van der Waals surface area contributed by atoms with Crippen LogP contribution in [0.3, 0.4) is 0 Å². The van der Waals surface area contributed by atoms with Gasteiger partial charge in [-0.3, -0.25) is 0 Å². The highest BCUT2D eigenvalue weighted by Gasteiger charge is 2.16. The molecule has 0 spiro atoms. The molecule has 0 saturated heterocycles. The number of rotatable bonds is 3. The number of benzene rings is 1. The van der Waals surface area contributed by atoms with Crippen LogP contribution in [-0.2, 0) is 0 Å². The van der Waals surface area contributed by atoms with Gasteiger partial charge in [0.05, 0.1) is 0 Å². The minimum absolute atomic E-state index is 0.0794. The normalized spacial score (nSPS) is 10.4. The molecule has 0 aliphatic rings. The van der Waals surface area contributed by atoms with Crippen LogP contribution in [0, 0.1) is 11.6 Å². The van der Waals surface area contributed by atoms with Gasteiger partial charge in [-0.2, -0.15) is 4.39 Å². The highest BCUT2D eigenvalue weighted by atomic mass is 79.9. The standard InChI is InChI=1S/C11H7Br2F2N3O/c1-16-10-8(13)11(18-4-17-10)19-7-3-5(12)2-6(14)9(7)15/h2-4H,1H3,(H,16,17,18). The maximum absolute atomic E-state index is 13.6. The molecule has 0 bridgehead atoms. The lowest BCUT2D eigenvalue weighted by Crippen LogP contribution is -1.99. The molecule has 0 unspecified atom stereocenters. The Morgan fingerprint density at radius 3 is 2.63 bits per heavy atom. The van der Waals surface area contributed by atoms with E-state index in [1.165, 1.54) is 12.4 Å². The van der Waals surface area contributed by atoms with Gasteiger partial charge in [0.2, 0.25) is 11.7 Å². The SMILES string of the molecule is CNc1ncnc(Oc2cc(Br)cc(F)c2F)c1Br. The van der Waals surface area contributed by atoms with E-state index >= 15 is 0 Å². The summed E-state index contributed by atoms with van der Waals surface area (Å²) in [5.41, 5.74) is 0. The molecule has 0 radical (unpaired) electrons. The third-order valence-electron chi connectivity index (χ3n) is 2.16. The van der Waals surface area contributed by atoms with Crippen molar-refractivity contribution in [3.8, 4) is 11.6 Å². The van der Waals surface area contributed by atoms with Crippen LogP contribution in [0.4, 0.5) is 14.6 Å². The minimum atomic E-state index is -1.08. The van der Waals surface area contributed by atoms with Crippen LogP contribution in [0.15, 0.2) is 27.4 Å². The molecule has 1 aromatic heterocycles. The van der Waals surface area contributed by atoms with Crippen molar-refractivity contribution in [2.24, 2.45) is 0 Å². The van der Waals surface area contributed by atoms with E-state index < -0.39 is 11.6 Å². The Bertz CT molecular complexity index is 625. The van der Waals surface area contributed by atoms with Crippen LogP contribution in [-0.4, -0.2) is 17.0 Å². The van der Waals surface area contributed by atoms with Crippen molar-refractivity contribution in [3.63, 3.8) is 0 Å². The molecule has 0 aliphatic heterocycles. The summed E-state index contributed by atoms with van der Waals surface area (Å²) in [6, 6.07) is 2.32. The Kier molecular flexibility index (Phi) is 4.31. The number of halogens is 4. The Hall–Kier alpha value is -1.28. The fourth-order valence-electron chi connectivity index (χ4n) is 1.31. The number of anilines is 1. The highest BCUT2D eigenvalue weighted by Crippen LogP contribution is 2.34. The zero-order chi connectivity index (χ0) is 14.0. The maximum Gasteiger partial charge on any atom is 0.239 e. The van der Waals surface area contributed by atoms with Crippen molar-refractivity contribution >= 4 is 37.7 Å². The van der Waals surface area contributed by atoms with Crippen molar-refractivity contribution in [1.29, 1.82) is 0 Å². The molecule has 19 heavy (non-hydrogen) atoms. The molecule has 0 amide bonds. The summed E-state index contributed by atoms with van der Waals surface area (Å²) < 4.78 is 32.9. The molecule has 0 aliphatic carbocycles. The minimum Gasteiger partial charge on any atom is -0.434 e. The summed E-state index contributed by atoms with van der Waals surface area (Å²) in [4.78, 5) is 7.79. The van der Waals surface area contributed by atoms with Crippen molar-refractivity contribution < 1.29 is 13.5 Å². The number of nitrogens with zero attached hydrogens (tertiary/aromatic N) is 2. The van der Waals surface area contributed by atoms with E-state index in [0.717, 1.165) is 6.07 Å². The van der Waals surface area contributed by atoms with Crippen LogP contribution in [0.5, 0.6) is 11.6 Å². The summed E-state index contributed by atoms with van der Waals surface area (Å²) in [6.45, 7) is 0. The Morgan fingerprint density at radius 2 is 1.95 bits per heavy atom. The van der Waals surface area contributed by atoms with Gasteiger partial charge in [-0.1, -0.05) is 15.9 Å². The van der Waals surface area contributed by atoms with Gasteiger partial charge in [0.15, 0.2) is 11.6 Å². The van der Waals surface area contributed by atoms with Crippen LogP contribution >= 0.6 is 31.9 Å². The smallest absolute Gasteiger partial charge is 0.239 e. The highest BCUT2D eigenvalue weighted by molar-refractivity contribution is 9.11. The maximum atomic E-state index is 13.6. The van der Waals surface area contributed by atoms with Crippen molar-refractivity contribution in [3.05, 3.63) is 39.0 Å². The third kappa shape index (κ3) is 3.01. The molecular formula is C11H7Br2F2N3O. The van der Waals surface area contributed by atoms with Gasteiger partial charge in [0, 0.05) is 11.5 Å². The first-order chi connectivity index (χ1) is 9.02. The first-order valence-electron chi connectivity index (χ1n) is 5.03. The Morgan fingerprint density at radius 1 is 1.21 bits per heavy atom. The quantitative estimate of drug-likeness (QED) is 0.795. The molecule has 0 fully saturated rings. The molecule has 1 aromatic carbocycles. The second-order valence-corrected chi connectivity index (χ2v) is 5.10. The Balaban J connectivity index is 2.42. The lowest BCUT2D eigenvalue weighted by atomic mass is 10.3. The predicted octanol–water partition coefficient (Wildman–Crippen LogP) is 4.11. The second-order valence-electron chi connectivity index (χ2n) is 3.39. The number of hydrogen-bond acceptors (Lipinski definition) is 4. The van der Waals surface area contributed by atoms with Crippen molar-refractivity contribution in [1.82, 2.24) is 9.97 Å². The summed E-state index contributed by atoms with van der Waals surface area (Å²) in [7, 11) is 1.66. The topological polar surface area (TPSA) is 47.0 Å². The van der Waals surface area contributed by atoms with E-state index in [1.807, 2.05) is 0 Å². The van der Waals surface area contributed by atoms with Crippen molar-refractivity contribution in [2.75, 3.05) is 12.4 Å². The van der Waals surface area contributed by atoms with Crippen LogP contribution in [0.1, 0.15) is 0 Å². The van der Waals surface area contributed by atoms with E-state index in [1.54, 1.807) is 7.05 Å². The lowest BCUT2D eigenvalue weighted by molar-refractivity contribution is 0.402. The molecule has 1 heterocycles. The molecular weight excluding hydrogens is 388 g/mol. The first kappa shape index (κ1) is 14.1. The zero-order valence-corrected chi connectivity index (χ0v) is 12.7. The average molecular weight is 395 g/mol. The third-order valence-corrected chi connectivity index (χ3v) is 3.33. The summed E-state index contributed by atoms with van der Waals surface area (Å²) in [6.07, 6.45) is 1.25. The molecule has 2 aromatic rings. The van der Waals surface area contributed by atoms with Crippen molar-refractivity contribution in [2.45, 2.75) is 0 Å². The largest absolute Gasteiger partial charge is 0.434 e. The zero-order valence-electron chi connectivity index (χ0n) is 9.55. The average Bonchev–Trinajstić information content (AvgIpc) is 2.37. The molecule has 0 atom stereocenters. The molecule has 0 saturated carbocycles. The molecule has 4 nitrogen and oxygen atoms in total. The number of hydrogen-bond donors (Lipinski definition) is 1. The van der Waals surface area contributed by atoms with Gasteiger partial charge >= 0.3 is 0 Å². The van der Waals surface area contributed by atoms with Gasteiger partial charge in [-0.25, -0.2) is 14.4 Å². The van der Waals surface area contributed by atoms with Gasteiger partial charge in [-0.15, -0.1) is 0 Å². The van der Waals surface area contributed by atoms with Crippen LogP contribution in [0.2, 0.25) is 0 Å². The van der Waals surface area contributed by atoms with Gasteiger partial charge in [0.25, 0.3) is 0 Å². The van der Waals surface area contributed by atoms with E-state index in [-0.39, 0.29) is 11.6 Å². The Labute approximate surface area is 124 Å². The van der Waals surface area contributed by atoms with E-state index in [2.05, 4.69) is 47.1 Å². The number of aromatic nitrogens is 2. The second kappa shape index (κ2) is 5.79. The molecule has 2 rings (SSSR count). The fourth-order valence-corrected chi connectivity index (χ4v) is 2.20. The lowest BCUT2D eigenvalue weighted by Gasteiger charge is -2.10. The van der Waals surface area contributed by atoms with Crippen LogP contribution in [0.25, 0.3) is 0 Å². The molecule has 1 N–H and O–H groups in total. The summed E-state index contributed by atoms with van der Waals surface area (Å²) >= 11 is 6.28. The fraction of sp³-hybridized carbons (Fsp3) is 0.0909. The van der Waals surface area contributed by atoms with Crippen LogP contribution < -0.4 is 10.1 Å². The summed E-state index contributed by atoms with van der Waals surface area (Å²) in [5, 5.41) is 2.80. The summed E-state index contributed by atoms with van der Waals surface area (Å²) in [5.74, 6) is -1.81. The number of nitrogens with one attached hydrogen (secondary N) is 1. The van der Waals surface area contributed by atoms with E-state index in [0.29, 0.717) is 14.8 Å². The monoisotopic (exact) mass is 393 g/mol. The molecule has 100 valence electrons. The van der Waals surface area contributed by atoms with Gasteiger partial charge < -0.3 is 10.1 Å². The predicted molar refractivity (Wildman–Crippen MR) is 73.4 cm³/mol. The molecule has 8 heteroatoms. The number of ether oxygens (including phenoxy) is 1. The van der Waals surface area contributed by atoms with E-state index in [9.17, 15) is 8.78 Å². The van der Waals surface area contributed by atoms with E-state index in [4.69, 9.17) is 4.74 Å². The first-order valence-corrected chi connectivity index (χ1v) is 6.62.